The number of carbonyl (C=O) groups excluding carboxylic acids is 2. The van der Waals surface area contributed by atoms with Gasteiger partial charge in [-0.25, -0.2) is 9.59 Å². The zero-order valence-corrected chi connectivity index (χ0v) is 19.8. The molecule has 0 bridgehead atoms. The number of ether oxygens (including phenoxy) is 2. The first-order valence-corrected chi connectivity index (χ1v) is 11.0. The Balaban J connectivity index is 1.89. The van der Waals surface area contributed by atoms with Crippen LogP contribution >= 0.6 is 0 Å². The van der Waals surface area contributed by atoms with Crippen LogP contribution in [0.3, 0.4) is 0 Å². The van der Waals surface area contributed by atoms with Crippen LogP contribution in [0, 0.1) is 19.3 Å². The summed E-state index contributed by atoms with van der Waals surface area (Å²) in [5.41, 5.74) is 10.1. The highest BCUT2D eigenvalue weighted by Crippen LogP contribution is 2.32. The number of aryl methyl sites for hydroxylation is 2. The zero-order chi connectivity index (χ0) is 24.2. The normalized spacial score (nSPS) is 12.2. The Bertz CT molecular complexity index is 1130. The van der Waals surface area contributed by atoms with Crippen molar-refractivity contribution >= 4 is 11.9 Å². The number of benzene rings is 3. The molecule has 3 aromatic carbocycles. The smallest absolute Gasteiger partial charge is 0.343 e. The molecular formula is C28H31NO4. The maximum Gasteiger partial charge on any atom is 0.343 e. The van der Waals surface area contributed by atoms with Crippen molar-refractivity contribution in [3.05, 3.63) is 94.5 Å². The van der Waals surface area contributed by atoms with Gasteiger partial charge in [-0.05, 0) is 67.6 Å². The molecule has 0 aliphatic carbocycles. The molecule has 0 radical (unpaired) electrons. The number of esters is 2. The second-order valence-electron chi connectivity index (χ2n) is 9.47. The second-order valence-corrected chi connectivity index (χ2v) is 9.47. The van der Waals surface area contributed by atoms with E-state index in [0.717, 1.165) is 16.7 Å². The maximum absolute atomic E-state index is 12.8. The van der Waals surface area contributed by atoms with Crippen LogP contribution in [0.5, 0.6) is 11.5 Å². The fraction of sp³-hybridized carbons (Fsp3) is 0.286. The minimum atomic E-state index is -0.528. The van der Waals surface area contributed by atoms with Gasteiger partial charge in [-0.3, -0.25) is 0 Å². The van der Waals surface area contributed by atoms with Crippen LogP contribution in [-0.4, -0.2) is 18.0 Å². The van der Waals surface area contributed by atoms with E-state index >= 15 is 0 Å². The van der Waals surface area contributed by atoms with Crippen LogP contribution in [0.1, 0.15) is 58.2 Å². The summed E-state index contributed by atoms with van der Waals surface area (Å²) in [7, 11) is 0. The molecule has 0 heterocycles. The van der Waals surface area contributed by atoms with Crippen LogP contribution in [0.25, 0.3) is 0 Å². The maximum atomic E-state index is 12.8. The summed E-state index contributed by atoms with van der Waals surface area (Å²) < 4.78 is 11.3. The SMILES string of the molecule is Cc1ccc(C(=O)Oc2ccc(CC(N)C(C)(C)C)cc2OC(=O)c2ccc(C)cc2)cc1. The van der Waals surface area contributed by atoms with Crippen LogP contribution < -0.4 is 15.2 Å². The van der Waals surface area contributed by atoms with E-state index in [4.69, 9.17) is 15.2 Å². The van der Waals surface area contributed by atoms with Crippen molar-refractivity contribution in [3.63, 3.8) is 0 Å². The van der Waals surface area contributed by atoms with Crippen LogP contribution in [0.15, 0.2) is 66.7 Å². The van der Waals surface area contributed by atoms with Gasteiger partial charge in [-0.15, -0.1) is 0 Å². The summed E-state index contributed by atoms with van der Waals surface area (Å²) in [6, 6.07) is 19.3. The Morgan fingerprint density at radius 1 is 0.758 bits per heavy atom. The summed E-state index contributed by atoms with van der Waals surface area (Å²) in [5, 5.41) is 0. The summed E-state index contributed by atoms with van der Waals surface area (Å²) in [6.07, 6.45) is 0.588. The number of hydrogen-bond acceptors (Lipinski definition) is 5. The fourth-order valence-corrected chi connectivity index (χ4v) is 3.10. The topological polar surface area (TPSA) is 78.6 Å². The van der Waals surface area contributed by atoms with Gasteiger partial charge in [-0.2, -0.15) is 0 Å². The zero-order valence-electron chi connectivity index (χ0n) is 19.8. The molecule has 3 rings (SSSR count). The first-order valence-electron chi connectivity index (χ1n) is 11.0. The van der Waals surface area contributed by atoms with Gasteiger partial charge in [0.2, 0.25) is 0 Å². The Morgan fingerprint density at radius 2 is 1.21 bits per heavy atom. The highest BCUT2D eigenvalue weighted by molar-refractivity contribution is 5.93. The van der Waals surface area contributed by atoms with Crippen molar-refractivity contribution in [2.75, 3.05) is 0 Å². The molecule has 33 heavy (non-hydrogen) atoms. The van der Waals surface area contributed by atoms with Crippen molar-refractivity contribution in [2.24, 2.45) is 11.1 Å². The van der Waals surface area contributed by atoms with Gasteiger partial charge < -0.3 is 15.2 Å². The molecule has 0 amide bonds. The van der Waals surface area contributed by atoms with Crippen LogP contribution in [-0.2, 0) is 6.42 Å². The summed E-state index contributed by atoms with van der Waals surface area (Å²) in [5.74, 6) is -0.699. The molecule has 3 aromatic rings. The van der Waals surface area contributed by atoms with Gasteiger partial charge in [0.15, 0.2) is 11.5 Å². The van der Waals surface area contributed by atoms with E-state index < -0.39 is 11.9 Å². The highest BCUT2D eigenvalue weighted by atomic mass is 16.6. The van der Waals surface area contributed by atoms with E-state index in [-0.39, 0.29) is 23.0 Å². The van der Waals surface area contributed by atoms with Gasteiger partial charge >= 0.3 is 11.9 Å². The van der Waals surface area contributed by atoms with Crippen LogP contribution in [0.4, 0.5) is 0 Å². The third kappa shape index (κ3) is 6.53. The molecule has 172 valence electrons. The highest BCUT2D eigenvalue weighted by Gasteiger charge is 2.22. The number of rotatable bonds is 6. The van der Waals surface area contributed by atoms with Crippen molar-refractivity contribution in [1.29, 1.82) is 0 Å². The first kappa shape index (κ1) is 24.2. The number of carbonyl (C=O) groups is 2. The largest absolute Gasteiger partial charge is 0.419 e. The molecule has 0 fully saturated rings. The molecule has 5 heteroatoms. The Morgan fingerprint density at radius 3 is 1.67 bits per heavy atom. The van der Waals surface area contributed by atoms with Gasteiger partial charge in [0.05, 0.1) is 11.1 Å². The average molecular weight is 446 g/mol. The van der Waals surface area contributed by atoms with Crippen molar-refractivity contribution in [1.82, 2.24) is 0 Å². The number of hydrogen-bond donors (Lipinski definition) is 1. The molecule has 0 saturated carbocycles. The Labute approximate surface area is 195 Å². The van der Waals surface area contributed by atoms with Crippen molar-refractivity contribution in [3.8, 4) is 11.5 Å². The van der Waals surface area contributed by atoms with E-state index in [1.54, 1.807) is 36.4 Å². The van der Waals surface area contributed by atoms with Crippen molar-refractivity contribution in [2.45, 2.75) is 47.1 Å². The minimum Gasteiger partial charge on any atom is -0.419 e. The molecule has 0 aliphatic rings. The fourth-order valence-electron chi connectivity index (χ4n) is 3.10. The van der Waals surface area contributed by atoms with Crippen molar-refractivity contribution < 1.29 is 19.1 Å². The molecule has 0 aliphatic heterocycles. The lowest BCUT2D eigenvalue weighted by molar-refractivity contribution is 0.0682. The van der Waals surface area contributed by atoms with E-state index in [1.165, 1.54) is 0 Å². The van der Waals surface area contributed by atoms with E-state index in [2.05, 4.69) is 20.8 Å². The van der Waals surface area contributed by atoms with E-state index in [9.17, 15) is 9.59 Å². The third-order valence-electron chi connectivity index (χ3n) is 5.56. The van der Waals surface area contributed by atoms with Gasteiger partial charge in [0.25, 0.3) is 0 Å². The van der Waals surface area contributed by atoms with Gasteiger partial charge in [0, 0.05) is 6.04 Å². The molecule has 0 spiro atoms. The third-order valence-corrected chi connectivity index (χ3v) is 5.56. The van der Waals surface area contributed by atoms with Gasteiger partial charge in [0.1, 0.15) is 0 Å². The molecule has 0 saturated heterocycles. The molecule has 1 atom stereocenters. The average Bonchev–Trinajstić information content (AvgIpc) is 2.75. The molecule has 1 unspecified atom stereocenters. The first-order chi connectivity index (χ1) is 15.5. The number of nitrogens with two attached hydrogens (primary N) is 1. The van der Waals surface area contributed by atoms with E-state index in [1.807, 2.05) is 44.2 Å². The molecule has 5 nitrogen and oxygen atoms in total. The Hall–Kier alpha value is -3.44. The summed E-state index contributed by atoms with van der Waals surface area (Å²) >= 11 is 0. The predicted molar refractivity (Wildman–Crippen MR) is 130 cm³/mol. The standard InChI is InChI=1S/C28H31NO4/c1-18-6-11-21(12-7-18)26(30)32-23-15-10-20(17-25(29)28(3,4)5)16-24(23)33-27(31)22-13-8-19(2)9-14-22/h6-16,25H,17,29H2,1-5H3. The summed E-state index contributed by atoms with van der Waals surface area (Å²) in [6.45, 7) is 10.1. The van der Waals surface area contributed by atoms with Crippen LogP contribution in [0.2, 0.25) is 0 Å². The summed E-state index contributed by atoms with van der Waals surface area (Å²) in [4.78, 5) is 25.5. The Kier molecular flexibility index (Phi) is 7.34. The molecule has 2 N–H and O–H groups in total. The lowest BCUT2D eigenvalue weighted by Gasteiger charge is -2.27. The molecule has 0 aromatic heterocycles. The minimum absolute atomic E-state index is 0.0880. The quantitative estimate of drug-likeness (QED) is 0.391. The second kappa shape index (κ2) is 10.0. The monoisotopic (exact) mass is 445 g/mol. The predicted octanol–water partition coefficient (Wildman–Crippen LogP) is 5.66. The van der Waals surface area contributed by atoms with Gasteiger partial charge in [-0.1, -0.05) is 62.2 Å². The molecular weight excluding hydrogens is 414 g/mol. The lowest BCUT2D eigenvalue weighted by Crippen LogP contribution is -2.36. The van der Waals surface area contributed by atoms with E-state index in [0.29, 0.717) is 17.5 Å². The lowest BCUT2D eigenvalue weighted by atomic mass is 9.84.